The SMILES string of the molecule is CCC(=O)N(C)c1ccc(-c2ccc(C(=O)CCc3ccc(F)nc3C)cc2)cc1. The third kappa shape index (κ3) is 4.98. The Morgan fingerprint density at radius 2 is 1.53 bits per heavy atom. The Hall–Kier alpha value is -3.34. The second kappa shape index (κ2) is 9.44. The lowest BCUT2D eigenvalue weighted by molar-refractivity contribution is -0.118. The number of hydrogen-bond donors (Lipinski definition) is 0. The Morgan fingerprint density at radius 3 is 2.10 bits per heavy atom. The molecule has 1 amide bonds. The van der Waals surface area contributed by atoms with Crippen LogP contribution in [0.3, 0.4) is 0 Å². The van der Waals surface area contributed by atoms with Gasteiger partial charge in [0.2, 0.25) is 11.9 Å². The van der Waals surface area contributed by atoms with Crippen molar-refractivity contribution in [3.63, 3.8) is 0 Å². The molecule has 3 aromatic rings. The maximum atomic E-state index is 13.1. The fraction of sp³-hybridized carbons (Fsp3) is 0.240. The molecule has 0 spiro atoms. The quantitative estimate of drug-likeness (QED) is 0.392. The summed E-state index contributed by atoms with van der Waals surface area (Å²) in [7, 11) is 1.77. The van der Waals surface area contributed by atoms with Crippen LogP contribution < -0.4 is 4.90 Å². The van der Waals surface area contributed by atoms with E-state index in [0.29, 0.717) is 30.5 Å². The van der Waals surface area contributed by atoms with E-state index in [1.807, 2.05) is 55.5 Å². The lowest BCUT2D eigenvalue weighted by Gasteiger charge is -2.16. The average molecular weight is 404 g/mol. The van der Waals surface area contributed by atoms with Crippen LogP contribution in [0, 0.1) is 12.9 Å². The van der Waals surface area contributed by atoms with E-state index in [0.717, 1.165) is 22.4 Å². The summed E-state index contributed by atoms with van der Waals surface area (Å²) in [4.78, 5) is 29.8. The number of anilines is 1. The van der Waals surface area contributed by atoms with E-state index in [4.69, 9.17) is 0 Å². The van der Waals surface area contributed by atoms with Crippen LogP contribution >= 0.6 is 0 Å². The molecule has 0 saturated carbocycles. The first-order valence-electron chi connectivity index (χ1n) is 10.0. The minimum absolute atomic E-state index is 0.0420. The highest BCUT2D eigenvalue weighted by Crippen LogP contribution is 2.24. The average Bonchev–Trinajstić information content (AvgIpc) is 2.77. The van der Waals surface area contributed by atoms with Crippen molar-refractivity contribution in [1.29, 1.82) is 0 Å². The molecule has 2 aromatic carbocycles. The molecule has 5 heteroatoms. The summed E-state index contributed by atoms with van der Waals surface area (Å²) in [5.74, 6) is -0.396. The van der Waals surface area contributed by atoms with Gasteiger partial charge in [-0.2, -0.15) is 4.39 Å². The molecule has 0 saturated heterocycles. The number of carbonyl (C=O) groups excluding carboxylic acids is 2. The standard InChI is InChI=1S/C25H25FN2O2/c1-4-25(30)28(3)22-13-9-20(10-14-22)19-5-7-21(8-6-19)23(29)15-11-18-12-16-24(26)27-17(18)2/h5-10,12-14,16H,4,11,15H2,1-3H3. The summed E-state index contributed by atoms with van der Waals surface area (Å²) in [6.07, 6.45) is 1.34. The summed E-state index contributed by atoms with van der Waals surface area (Å²) >= 11 is 0. The summed E-state index contributed by atoms with van der Waals surface area (Å²) < 4.78 is 13.1. The topological polar surface area (TPSA) is 50.3 Å². The Bertz CT molecular complexity index is 1040. The molecule has 3 rings (SSSR count). The highest BCUT2D eigenvalue weighted by molar-refractivity contribution is 5.96. The van der Waals surface area contributed by atoms with Crippen LogP contribution in [0.1, 0.15) is 41.4 Å². The number of hydrogen-bond acceptors (Lipinski definition) is 3. The van der Waals surface area contributed by atoms with Crippen molar-refractivity contribution in [1.82, 2.24) is 4.98 Å². The molecule has 0 aliphatic carbocycles. The lowest BCUT2D eigenvalue weighted by Crippen LogP contribution is -2.24. The zero-order valence-electron chi connectivity index (χ0n) is 17.5. The molecule has 0 atom stereocenters. The number of Topliss-reactive ketones (excluding diaryl/α,β-unsaturated/α-hetero) is 1. The number of halogens is 1. The van der Waals surface area contributed by atoms with Crippen LogP contribution in [0.4, 0.5) is 10.1 Å². The molecule has 0 aliphatic rings. The molecule has 0 aliphatic heterocycles. The van der Waals surface area contributed by atoms with E-state index in [1.165, 1.54) is 6.07 Å². The first-order valence-corrected chi connectivity index (χ1v) is 10.0. The Kier molecular flexibility index (Phi) is 6.72. The third-order valence-corrected chi connectivity index (χ3v) is 5.25. The van der Waals surface area contributed by atoms with E-state index in [9.17, 15) is 14.0 Å². The Balaban J connectivity index is 1.65. The molecule has 30 heavy (non-hydrogen) atoms. The number of pyridine rings is 1. The molecule has 4 nitrogen and oxygen atoms in total. The van der Waals surface area contributed by atoms with E-state index >= 15 is 0 Å². The van der Waals surface area contributed by atoms with E-state index in [2.05, 4.69) is 4.98 Å². The van der Waals surface area contributed by atoms with Crippen molar-refractivity contribution in [3.05, 3.63) is 83.4 Å². The molecule has 1 aromatic heterocycles. The maximum Gasteiger partial charge on any atom is 0.226 e. The number of benzene rings is 2. The number of aromatic nitrogens is 1. The fourth-order valence-corrected chi connectivity index (χ4v) is 3.32. The van der Waals surface area contributed by atoms with Crippen LogP contribution in [-0.4, -0.2) is 23.7 Å². The van der Waals surface area contributed by atoms with Gasteiger partial charge in [-0.05, 0) is 48.2 Å². The van der Waals surface area contributed by atoms with Crippen molar-refractivity contribution >= 4 is 17.4 Å². The Labute approximate surface area is 176 Å². The first-order chi connectivity index (χ1) is 14.4. The predicted molar refractivity (Wildman–Crippen MR) is 117 cm³/mol. The molecule has 0 radical (unpaired) electrons. The monoisotopic (exact) mass is 404 g/mol. The normalized spacial score (nSPS) is 10.7. The molecule has 1 heterocycles. The fourth-order valence-electron chi connectivity index (χ4n) is 3.32. The van der Waals surface area contributed by atoms with Gasteiger partial charge in [-0.3, -0.25) is 9.59 Å². The first kappa shape index (κ1) is 21.4. The minimum atomic E-state index is -0.505. The van der Waals surface area contributed by atoms with Crippen LogP contribution in [-0.2, 0) is 11.2 Å². The number of amides is 1. The summed E-state index contributed by atoms with van der Waals surface area (Å²) in [6.45, 7) is 3.59. The smallest absolute Gasteiger partial charge is 0.226 e. The van der Waals surface area contributed by atoms with Gasteiger partial charge in [0.25, 0.3) is 0 Å². The van der Waals surface area contributed by atoms with Crippen molar-refractivity contribution in [2.45, 2.75) is 33.1 Å². The van der Waals surface area contributed by atoms with Crippen LogP contribution in [0.15, 0.2) is 60.7 Å². The van der Waals surface area contributed by atoms with Gasteiger partial charge >= 0.3 is 0 Å². The van der Waals surface area contributed by atoms with Gasteiger partial charge in [0, 0.05) is 36.8 Å². The second-order valence-corrected chi connectivity index (χ2v) is 7.23. The zero-order chi connectivity index (χ0) is 21.7. The van der Waals surface area contributed by atoms with Crippen molar-refractivity contribution < 1.29 is 14.0 Å². The number of carbonyl (C=O) groups is 2. The van der Waals surface area contributed by atoms with Gasteiger partial charge in [0.1, 0.15) is 0 Å². The molecule has 0 unspecified atom stereocenters. The van der Waals surface area contributed by atoms with Gasteiger partial charge in [0.05, 0.1) is 0 Å². The second-order valence-electron chi connectivity index (χ2n) is 7.23. The van der Waals surface area contributed by atoms with Gasteiger partial charge in [-0.1, -0.05) is 49.4 Å². The van der Waals surface area contributed by atoms with Gasteiger partial charge in [-0.15, -0.1) is 0 Å². The summed E-state index contributed by atoms with van der Waals surface area (Å²) in [5, 5.41) is 0. The van der Waals surface area contributed by atoms with Crippen LogP contribution in [0.5, 0.6) is 0 Å². The van der Waals surface area contributed by atoms with Gasteiger partial charge in [0.15, 0.2) is 5.78 Å². The Morgan fingerprint density at radius 1 is 0.933 bits per heavy atom. The molecule has 0 fully saturated rings. The number of ketones is 1. The third-order valence-electron chi connectivity index (χ3n) is 5.25. The number of aryl methyl sites for hydroxylation is 2. The van der Waals surface area contributed by atoms with Crippen LogP contribution in [0.2, 0.25) is 0 Å². The summed E-state index contributed by atoms with van der Waals surface area (Å²) in [5.41, 5.74) is 5.02. The molecular formula is C25H25FN2O2. The largest absolute Gasteiger partial charge is 0.316 e. The van der Waals surface area contributed by atoms with Crippen molar-refractivity contribution in [3.8, 4) is 11.1 Å². The molecule has 154 valence electrons. The molecule has 0 N–H and O–H groups in total. The number of rotatable bonds is 7. The summed E-state index contributed by atoms with van der Waals surface area (Å²) in [6, 6.07) is 18.3. The van der Waals surface area contributed by atoms with Gasteiger partial charge in [-0.25, -0.2) is 4.98 Å². The van der Waals surface area contributed by atoms with E-state index in [1.54, 1.807) is 24.9 Å². The highest BCUT2D eigenvalue weighted by atomic mass is 19.1. The number of nitrogens with zero attached hydrogens (tertiary/aromatic N) is 2. The van der Waals surface area contributed by atoms with Crippen LogP contribution in [0.25, 0.3) is 11.1 Å². The van der Waals surface area contributed by atoms with E-state index < -0.39 is 5.95 Å². The van der Waals surface area contributed by atoms with E-state index in [-0.39, 0.29) is 11.7 Å². The molecular weight excluding hydrogens is 379 g/mol. The molecule has 0 bridgehead atoms. The maximum absolute atomic E-state index is 13.1. The predicted octanol–water partition coefficient (Wildman–Crippen LogP) is 5.38. The van der Waals surface area contributed by atoms with Gasteiger partial charge < -0.3 is 4.90 Å². The van der Waals surface area contributed by atoms with Crippen molar-refractivity contribution in [2.24, 2.45) is 0 Å². The highest BCUT2D eigenvalue weighted by Gasteiger charge is 2.11. The zero-order valence-corrected chi connectivity index (χ0v) is 17.5. The minimum Gasteiger partial charge on any atom is -0.316 e. The van der Waals surface area contributed by atoms with Crippen molar-refractivity contribution in [2.75, 3.05) is 11.9 Å². The lowest BCUT2D eigenvalue weighted by atomic mass is 9.99.